The number of carbonyl (C=O) groups is 1. The highest BCUT2D eigenvalue weighted by Crippen LogP contribution is 2.41. The number of hydrogen-bond donors (Lipinski definition) is 2. The number of anilines is 2. The zero-order chi connectivity index (χ0) is 22.9. The summed E-state index contributed by atoms with van der Waals surface area (Å²) in [6.07, 6.45) is 4.29. The van der Waals surface area contributed by atoms with Gasteiger partial charge in [-0.3, -0.25) is 4.79 Å². The number of carbonyl (C=O) groups excluding carboxylic acids is 1. The van der Waals surface area contributed by atoms with Gasteiger partial charge in [-0.15, -0.1) is 0 Å². The van der Waals surface area contributed by atoms with E-state index in [0.29, 0.717) is 24.1 Å². The first kappa shape index (κ1) is 22.0. The average Bonchev–Trinajstić information content (AvgIpc) is 3.19. The summed E-state index contributed by atoms with van der Waals surface area (Å²) in [5, 5.41) is 6.24. The molecule has 8 heteroatoms. The standard InChI is InChI=1S/C24H30N6O2/c1-15-6-8-26-23(28-15)29-18-11-16(14-30(4)5)10-17(12-18)20-13-27-21(32-20)19-7-9-25-22(31)24(19,2)3/h6,8,10-13,19H,7,9,14H2,1-5H3,(H,25,31)(H,26,28,29). The van der Waals surface area contributed by atoms with E-state index in [9.17, 15) is 4.79 Å². The van der Waals surface area contributed by atoms with E-state index in [-0.39, 0.29) is 11.8 Å². The second kappa shape index (κ2) is 8.70. The first-order valence-electron chi connectivity index (χ1n) is 10.8. The molecule has 1 unspecified atom stereocenters. The minimum atomic E-state index is -0.567. The van der Waals surface area contributed by atoms with Crippen LogP contribution in [0.2, 0.25) is 0 Å². The van der Waals surface area contributed by atoms with E-state index in [2.05, 4.69) is 42.6 Å². The molecule has 0 saturated carbocycles. The third-order valence-electron chi connectivity index (χ3n) is 5.82. The Morgan fingerprint density at radius 1 is 1.25 bits per heavy atom. The molecular formula is C24H30N6O2. The molecular weight excluding hydrogens is 404 g/mol. The summed E-state index contributed by atoms with van der Waals surface area (Å²) < 4.78 is 6.21. The zero-order valence-corrected chi connectivity index (χ0v) is 19.3. The summed E-state index contributed by atoms with van der Waals surface area (Å²) in [5.41, 5.74) is 3.24. The highest BCUT2D eigenvalue weighted by Gasteiger charge is 2.43. The first-order chi connectivity index (χ1) is 15.2. The SMILES string of the molecule is Cc1ccnc(Nc2cc(CN(C)C)cc(-c3cnc(C4CCNC(=O)C4(C)C)o3)c2)n1. The van der Waals surface area contributed by atoms with Crippen LogP contribution in [0.4, 0.5) is 11.6 Å². The molecule has 0 radical (unpaired) electrons. The van der Waals surface area contributed by atoms with Crippen molar-refractivity contribution >= 4 is 17.5 Å². The molecule has 1 aliphatic rings. The maximum atomic E-state index is 12.4. The lowest BCUT2D eigenvalue weighted by Gasteiger charge is -2.35. The quantitative estimate of drug-likeness (QED) is 0.608. The fourth-order valence-corrected chi connectivity index (χ4v) is 4.09. The Morgan fingerprint density at radius 2 is 2.06 bits per heavy atom. The Hall–Kier alpha value is -3.26. The van der Waals surface area contributed by atoms with Gasteiger partial charge in [0.2, 0.25) is 11.9 Å². The molecule has 168 valence electrons. The molecule has 0 aliphatic carbocycles. The van der Waals surface area contributed by atoms with Crippen molar-refractivity contribution in [1.29, 1.82) is 0 Å². The van der Waals surface area contributed by atoms with Crippen molar-refractivity contribution in [3.05, 3.63) is 53.8 Å². The molecule has 0 spiro atoms. The second-order valence-corrected chi connectivity index (χ2v) is 9.18. The van der Waals surface area contributed by atoms with Gasteiger partial charge in [0.05, 0.1) is 17.5 Å². The number of aryl methyl sites for hydroxylation is 1. The van der Waals surface area contributed by atoms with Gasteiger partial charge in [-0.25, -0.2) is 15.0 Å². The number of benzene rings is 1. The van der Waals surface area contributed by atoms with E-state index in [1.54, 1.807) is 12.4 Å². The molecule has 8 nitrogen and oxygen atoms in total. The third kappa shape index (κ3) is 4.65. The van der Waals surface area contributed by atoms with Gasteiger partial charge in [-0.1, -0.05) is 13.8 Å². The van der Waals surface area contributed by atoms with Gasteiger partial charge >= 0.3 is 0 Å². The Balaban J connectivity index is 1.67. The van der Waals surface area contributed by atoms with Crippen LogP contribution >= 0.6 is 0 Å². The lowest BCUT2D eigenvalue weighted by atomic mass is 9.74. The summed E-state index contributed by atoms with van der Waals surface area (Å²) in [6.45, 7) is 7.22. The van der Waals surface area contributed by atoms with Crippen LogP contribution in [0.3, 0.4) is 0 Å². The van der Waals surface area contributed by atoms with Gasteiger partial charge < -0.3 is 20.0 Å². The largest absolute Gasteiger partial charge is 0.440 e. The van der Waals surface area contributed by atoms with E-state index in [1.807, 2.05) is 47.0 Å². The number of rotatable bonds is 6. The maximum Gasteiger partial charge on any atom is 0.227 e. The topological polar surface area (TPSA) is 96.2 Å². The Labute approximate surface area is 188 Å². The summed E-state index contributed by atoms with van der Waals surface area (Å²) >= 11 is 0. The molecule has 2 aromatic heterocycles. The van der Waals surface area contributed by atoms with Gasteiger partial charge in [0.15, 0.2) is 11.7 Å². The lowest BCUT2D eigenvalue weighted by Crippen LogP contribution is -2.47. The molecule has 4 rings (SSSR count). The van der Waals surface area contributed by atoms with E-state index in [1.165, 1.54) is 0 Å². The minimum Gasteiger partial charge on any atom is -0.440 e. The van der Waals surface area contributed by atoms with Gasteiger partial charge in [0.1, 0.15) is 0 Å². The van der Waals surface area contributed by atoms with Crippen LogP contribution in [0, 0.1) is 12.3 Å². The molecule has 1 aromatic carbocycles. The number of piperidine rings is 1. The lowest BCUT2D eigenvalue weighted by molar-refractivity contribution is -0.133. The molecule has 0 bridgehead atoms. The van der Waals surface area contributed by atoms with Crippen LogP contribution in [0.25, 0.3) is 11.3 Å². The summed E-state index contributed by atoms with van der Waals surface area (Å²) in [5.74, 6) is 1.80. The second-order valence-electron chi connectivity index (χ2n) is 9.18. The van der Waals surface area contributed by atoms with Crippen LogP contribution in [-0.4, -0.2) is 46.4 Å². The third-order valence-corrected chi connectivity index (χ3v) is 5.82. The first-order valence-corrected chi connectivity index (χ1v) is 10.8. The molecule has 2 N–H and O–H groups in total. The van der Waals surface area contributed by atoms with Crippen molar-refractivity contribution < 1.29 is 9.21 Å². The van der Waals surface area contributed by atoms with Crippen molar-refractivity contribution in [3.8, 4) is 11.3 Å². The van der Waals surface area contributed by atoms with E-state index in [0.717, 1.165) is 35.5 Å². The van der Waals surface area contributed by atoms with Crippen LogP contribution in [0.5, 0.6) is 0 Å². The van der Waals surface area contributed by atoms with Crippen LogP contribution in [0.1, 0.15) is 43.3 Å². The highest BCUT2D eigenvalue weighted by atomic mass is 16.4. The fraction of sp³-hybridized carbons (Fsp3) is 0.417. The summed E-state index contributed by atoms with van der Waals surface area (Å²) in [7, 11) is 4.07. The molecule has 1 aliphatic heterocycles. The Morgan fingerprint density at radius 3 is 2.81 bits per heavy atom. The molecule has 3 heterocycles. The van der Waals surface area contributed by atoms with E-state index < -0.39 is 5.41 Å². The molecule has 32 heavy (non-hydrogen) atoms. The summed E-state index contributed by atoms with van der Waals surface area (Å²) in [4.78, 5) is 27.8. The van der Waals surface area contributed by atoms with Crippen molar-refractivity contribution in [2.45, 2.75) is 39.7 Å². The molecule has 1 saturated heterocycles. The van der Waals surface area contributed by atoms with Crippen LogP contribution < -0.4 is 10.6 Å². The van der Waals surface area contributed by atoms with Crippen molar-refractivity contribution in [2.24, 2.45) is 5.41 Å². The number of nitrogens with one attached hydrogen (secondary N) is 2. The monoisotopic (exact) mass is 434 g/mol. The Kier molecular flexibility index (Phi) is 5.97. The van der Waals surface area contributed by atoms with Crippen LogP contribution in [0.15, 0.2) is 41.1 Å². The van der Waals surface area contributed by atoms with Gasteiger partial charge in [0.25, 0.3) is 0 Å². The minimum absolute atomic E-state index is 0.0334. The smallest absolute Gasteiger partial charge is 0.227 e. The van der Waals surface area contributed by atoms with Gasteiger partial charge in [-0.2, -0.15) is 0 Å². The molecule has 1 atom stereocenters. The molecule has 3 aromatic rings. The number of amides is 1. The van der Waals surface area contributed by atoms with E-state index in [4.69, 9.17) is 4.42 Å². The number of nitrogens with zero attached hydrogens (tertiary/aromatic N) is 4. The maximum absolute atomic E-state index is 12.4. The van der Waals surface area contributed by atoms with Crippen molar-refractivity contribution in [2.75, 3.05) is 26.0 Å². The number of oxazole rings is 1. The predicted molar refractivity (Wildman–Crippen MR) is 124 cm³/mol. The van der Waals surface area contributed by atoms with E-state index >= 15 is 0 Å². The predicted octanol–water partition coefficient (Wildman–Crippen LogP) is 3.87. The Bertz CT molecular complexity index is 1120. The van der Waals surface area contributed by atoms with Gasteiger partial charge in [-0.05, 0) is 57.3 Å². The van der Waals surface area contributed by atoms with Crippen LogP contribution in [-0.2, 0) is 11.3 Å². The molecule has 1 amide bonds. The van der Waals surface area contributed by atoms with Crippen molar-refractivity contribution in [3.63, 3.8) is 0 Å². The summed E-state index contributed by atoms with van der Waals surface area (Å²) in [6, 6.07) is 8.06. The highest BCUT2D eigenvalue weighted by molar-refractivity contribution is 5.83. The number of hydrogen-bond acceptors (Lipinski definition) is 7. The number of aromatic nitrogens is 3. The van der Waals surface area contributed by atoms with Gasteiger partial charge in [0, 0.05) is 36.2 Å². The zero-order valence-electron chi connectivity index (χ0n) is 19.3. The fourth-order valence-electron chi connectivity index (χ4n) is 4.09. The average molecular weight is 435 g/mol. The normalized spacial score (nSPS) is 17.9. The van der Waals surface area contributed by atoms with Crippen molar-refractivity contribution in [1.82, 2.24) is 25.2 Å². The molecule has 1 fully saturated rings.